The lowest BCUT2D eigenvalue weighted by Gasteiger charge is -2.41. The number of nitrogens with one attached hydrogen (secondary N) is 1. The minimum absolute atomic E-state index is 0.0993. The van der Waals surface area contributed by atoms with Gasteiger partial charge in [-0.15, -0.1) is 0 Å². The summed E-state index contributed by atoms with van der Waals surface area (Å²) in [7, 11) is 0. The number of aliphatic hydroxyl groups is 1. The molecule has 0 spiro atoms. The van der Waals surface area contributed by atoms with Crippen molar-refractivity contribution in [3.05, 3.63) is 35.9 Å². The van der Waals surface area contributed by atoms with Crippen LogP contribution in [0.5, 0.6) is 0 Å². The molecule has 0 radical (unpaired) electrons. The predicted octanol–water partition coefficient (Wildman–Crippen LogP) is 2.99. The molecule has 1 atom stereocenters. The Morgan fingerprint density at radius 3 is 2.19 bits per heavy atom. The van der Waals surface area contributed by atoms with Crippen LogP contribution < -0.4 is 5.32 Å². The molecule has 3 nitrogen and oxygen atoms in total. The maximum absolute atomic E-state index is 10.2. The third kappa shape index (κ3) is 5.10. The van der Waals surface area contributed by atoms with Crippen LogP contribution in [0.15, 0.2) is 30.3 Å². The van der Waals surface area contributed by atoms with Crippen LogP contribution in [0, 0.1) is 0 Å². The van der Waals surface area contributed by atoms with E-state index in [2.05, 4.69) is 57.0 Å². The Balaban J connectivity index is 3.11. The standard InChI is InChI=1S/C18H32N2O/c1-6-12-20(16(4)5)13-18(14-21,19-15(2)3)17-10-8-7-9-11-17/h7-11,15-16,19,21H,6,12-14H2,1-5H3. The quantitative estimate of drug-likeness (QED) is 0.734. The van der Waals surface area contributed by atoms with Gasteiger partial charge in [0, 0.05) is 18.6 Å². The van der Waals surface area contributed by atoms with Crippen molar-refractivity contribution < 1.29 is 5.11 Å². The molecule has 1 aromatic rings. The van der Waals surface area contributed by atoms with E-state index in [1.54, 1.807) is 0 Å². The van der Waals surface area contributed by atoms with Crippen LogP contribution in [-0.2, 0) is 5.54 Å². The van der Waals surface area contributed by atoms with Gasteiger partial charge in [-0.3, -0.25) is 4.90 Å². The summed E-state index contributed by atoms with van der Waals surface area (Å²) in [6.07, 6.45) is 1.12. The van der Waals surface area contributed by atoms with Crippen molar-refractivity contribution in [1.82, 2.24) is 10.2 Å². The molecule has 2 N–H and O–H groups in total. The van der Waals surface area contributed by atoms with Crippen molar-refractivity contribution in [2.45, 2.75) is 58.7 Å². The molecule has 0 aliphatic carbocycles. The van der Waals surface area contributed by atoms with Crippen LogP contribution in [-0.4, -0.2) is 41.8 Å². The highest BCUT2D eigenvalue weighted by atomic mass is 16.3. The summed E-state index contributed by atoms with van der Waals surface area (Å²) in [5, 5.41) is 13.8. The Hall–Kier alpha value is -0.900. The van der Waals surface area contributed by atoms with Crippen molar-refractivity contribution in [3.63, 3.8) is 0 Å². The van der Waals surface area contributed by atoms with Gasteiger partial charge in [-0.05, 0) is 46.2 Å². The van der Waals surface area contributed by atoms with Crippen LogP contribution in [0.2, 0.25) is 0 Å². The maximum Gasteiger partial charge on any atom is 0.0799 e. The Kier molecular flexibility index (Phi) is 7.36. The normalized spacial score (nSPS) is 14.9. The van der Waals surface area contributed by atoms with E-state index in [1.165, 1.54) is 0 Å². The van der Waals surface area contributed by atoms with Crippen molar-refractivity contribution in [2.75, 3.05) is 19.7 Å². The molecule has 0 aliphatic rings. The fourth-order valence-corrected chi connectivity index (χ4v) is 2.87. The lowest BCUT2D eigenvalue weighted by molar-refractivity contribution is 0.0841. The molecule has 0 aliphatic heterocycles. The average molecular weight is 292 g/mol. The number of aliphatic hydroxyl groups excluding tert-OH is 1. The van der Waals surface area contributed by atoms with E-state index >= 15 is 0 Å². The summed E-state index contributed by atoms with van der Waals surface area (Å²) in [5.41, 5.74) is 0.748. The first-order valence-corrected chi connectivity index (χ1v) is 8.13. The summed E-state index contributed by atoms with van der Waals surface area (Å²) < 4.78 is 0. The third-order valence-corrected chi connectivity index (χ3v) is 3.88. The second kappa shape index (κ2) is 8.52. The molecule has 0 bridgehead atoms. The van der Waals surface area contributed by atoms with Gasteiger partial charge in [0.25, 0.3) is 0 Å². The van der Waals surface area contributed by atoms with Gasteiger partial charge in [-0.1, -0.05) is 37.3 Å². The molecule has 0 saturated carbocycles. The summed E-state index contributed by atoms with van der Waals surface area (Å²) in [6.45, 7) is 12.9. The molecule has 0 aromatic heterocycles. The Morgan fingerprint density at radius 1 is 1.14 bits per heavy atom. The Bertz CT molecular complexity index is 391. The third-order valence-electron chi connectivity index (χ3n) is 3.88. The minimum atomic E-state index is -0.408. The first-order valence-electron chi connectivity index (χ1n) is 8.13. The zero-order chi connectivity index (χ0) is 15.9. The molecule has 0 saturated heterocycles. The first-order chi connectivity index (χ1) is 9.95. The van der Waals surface area contributed by atoms with Gasteiger partial charge in [0.2, 0.25) is 0 Å². The van der Waals surface area contributed by atoms with E-state index in [1.807, 2.05) is 18.2 Å². The lowest BCUT2D eigenvalue weighted by Crippen LogP contribution is -2.57. The number of rotatable bonds is 9. The minimum Gasteiger partial charge on any atom is -0.394 e. The number of nitrogens with zero attached hydrogens (tertiary/aromatic N) is 1. The molecular formula is C18H32N2O. The fraction of sp³-hybridized carbons (Fsp3) is 0.667. The number of hydrogen-bond donors (Lipinski definition) is 2. The summed E-state index contributed by atoms with van der Waals surface area (Å²) in [4.78, 5) is 2.44. The predicted molar refractivity (Wildman–Crippen MR) is 90.5 cm³/mol. The van der Waals surface area contributed by atoms with Gasteiger partial charge in [-0.2, -0.15) is 0 Å². The van der Waals surface area contributed by atoms with Gasteiger partial charge in [0.05, 0.1) is 12.1 Å². The fourth-order valence-electron chi connectivity index (χ4n) is 2.87. The number of benzene rings is 1. The SMILES string of the molecule is CCCN(CC(CO)(NC(C)C)c1ccccc1)C(C)C. The highest BCUT2D eigenvalue weighted by Crippen LogP contribution is 2.24. The largest absolute Gasteiger partial charge is 0.394 e. The van der Waals surface area contributed by atoms with Crippen LogP contribution in [0.1, 0.15) is 46.6 Å². The zero-order valence-electron chi connectivity index (χ0n) is 14.3. The summed E-state index contributed by atoms with van der Waals surface area (Å²) >= 11 is 0. The number of hydrogen-bond acceptors (Lipinski definition) is 3. The van der Waals surface area contributed by atoms with Crippen molar-refractivity contribution in [1.29, 1.82) is 0 Å². The molecule has 1 rings (SSSR count). The molecule has 3 heteroatoms. The molecular weight excluding hydrogens is 260 g/mol. The highest BCUT2D eigenvalue weighted by Gasteiger charge is 2.34. The monoisotopic (exact) mass is 292 g/mol. The molecule has 0 amide bonds. The zero-order valence-corrected chi connectivity index (χ0v) is 14.3. The molecule has 1 aromatic carbocycles. The van der Waals surface area contributed by atoms with Crippen molar-refractivity contribution in [3.8, 4) is 0 Å². The van der Waals surface area contributed by atoms with E-state index in [0.717, 1.165) is 25.1 Å². The van der Waals surface area contributed by atoms with Crippen LogP contribution in [0.4, 0.5) is 0 Å². The van der Waals surface area contributed by atoms with E-state index in [4.69, 9.17) is 0 Å². The second-order valence-corrected chi connectivity index (χ2v) is 6.47. The maximum atomic E-state index is 10.2. The lowest BCUT2D eigenvalue weighted by atomic mass is 9.88. The molecule has 21 heavy (non-hydrogen) atoms. The van der Waals surface area contributed by atoms with Gasteiger partial charge in [0.1, 0.15) is 0 Å². The van der Waals surface area contributed by atoms with E-state index < -0.39 is 5.54 Å². The van der Waals surface area contributed by atoms with Crippen LogP contribution in [0.3, 0.4) is 0 Å². The van der Waals surface area contributed by atoms with Gasteiger partial charge >= 0.3 is 0 Å². The van der Waals surface area contributed by atoms with Gasteiger partial charge in [-0.25, -0.2) is 0 Å². The smallest absolute Gasteiger partial charge is 0.0799 e. The summed E-state index contributed by atoms with van der Waals surface area (Å²) in [6, 6.07) is 11.1. The molecule has 120 valence electrons. The van der Waals surface area contributed by atoms with Crippen LogP contribution in [0.25, 0.3) is 0 Å². The first kappa shape index (κ1) is 18.1. The Morgan fingerprint density at radius 2 is 1.76 bits per heavy atom. The topological polar surface area (TPSA) is 35.5 Å². The van der Waals surface area contributed by atoms with Gasteiger partial charge < -0.3 is 10.4 Å². The Labute approximate surface area is 130 Å². The second-order valence-electron chi connectivity index (χ2n) is 6.47. The average Bonchev–Trinajstić information content (AvgIpc) is 2.46. The van der Waals surface area contributed by atoms with E-state index in [0.29, 0.717) is 12.1 Å². The highest BCUT2D eigenvalue weighted by molar-refractivity contribution is 5.25. The van der Waals surface area contributed by atoms with E-state index in [-0.39, 0.29) is 6.61 Å². The summed E-state index contributed by atoms with van der Waals surface area (Å²) in [5.74, 6) is 0. The molecule has 0 fully saturated rings. The van der Waals surface area contributed by atoms with Gasteiger partial charge in [0.15, 0.2) is 0 Å². The molecule has 1 unspecified atom stereocenters. The van der Waals surface area contributed by atoms with Crippen molar-refractivity contribution in [2.24, 2.45) is 0 Å². The van der Waals surface area contributed by atoms with Crippen molar-refractivity contribution >= 4 is 0 Å². The van der Waals surface area contributed by atoms with E-state index in [9.17, 15) is 5.11 Å². The van der Waals surface area contributed by atoms with Crippen LogP contribution >= 0.6 is 0 Å². The molecule has 0 heterocycles.